The van der Waals surface area contributed by atoms with Crippen molar-refractivity contribution >= 4 is 0 Å². The third-order valence-corrected chi connectivity index (χ3v) is 2.44. The lowest BCUT2D eigenvalue weighted by Gasteiger charge is -2.24. The van der Waals surface area contributed by atoms with E-state index in [4.69, 9.17) is 0 Å². The van der Waals surface area contributed by atoms with Gasteiger partial charge >= 0.3 is 0 Å². The van der Waals surface area contributed by atoms with Gasteiger partial charge in [-0.1, -0.05) is 44.2 Å². The monoisotopic (exact) mass is 192 g/mol. The van der Waals surface area contributed by atoms with Gasteiger partial charge in [0.05, 0.1) is 0 Å². The molecule has 14 heavy (non-hydrogen) atoms. The standard InChI is InChI=1S/C12H20N2/c1-4-14(5-2)13-11(3)12-9-7-6-8-10-12/h6-11,13H,4-5H2,1-3H3. The minimum absolute atomic E-state index is 0.385. The minimum Gasteiger partial charge on any atom is -0.248 e. The molecular formula is C12H20N2. The van der Waals surface area contributed by atoms with Gasteiger partial charge in [0.15, 0.2) is 0 Å². The van der Waals surface area contributed by atoms with E-state index in [1.807, 2.05) is 6.07 Å². The van der Waals surface area contributed by atoms with Crippen LogP contribution >= 0.6 is 0 Å². The number of hydrogen-bond acceptors (Lipinski definition) is 2. The molecule has 1 unspecified atom stereocenters. The number of hydrogen-bond donors (Lipinski definition) is 1. The zero-order valence-corrected chi connectivity index (χ0v) is 9.33. The summed E-state index contributed by atoms with van der Waals surface area (Å²) in [5.41, 5.74) is 4.80. The van der Waals surface area contributed by atoms with Gasteiger partial charge < -0.3 is 0 Å². The first-order valence-corrected chi connectivity index (χ1v) is 5.34. The van der Waals surface area contributed by atoms with Crippen LogP contribution in [0.25, 0.3) is 0 Å². The Labute approximate surface area is 86.9 Å². The van der Waals surface area contributed by atoms with Crippen LogP contribution in [0, 0.1) is 0 Å². The summed E-state index contributed by atoms with van der Waals surface area (Å²) in [5, 5.41) is 2.22. The quantitative estimate of drug-likeness (QED) is 0.721. The Morgan fingerprint density at radius 3 is 2.21 bits per heavy atom. The third kappa shape index (κ3) is 3.13. The zero-order valence-electron chi connectivity index (χ0n) is 9.33. The zero-order chi connectivity index (χ0) is 10.4. The van der Waals surface area contributed by atoms with E-state index in [9.17, 15) is 0 Å². The van der Waals surface area contributed by atoms with Gasteiger partial charge in [-0.3, -0.25) is 0 Å². The molecular weight excluding hydrogens is 172 g/mol. The van der Waals surface area contributed by atoms with Crippen molar-refractivity contribution in [1.82, 2.24) is 10.4 Å². The molecule has 0 spiro atoms. The van der Waals surface area contributed by atoms with Crippen LogP contribution in [0.5, 0.6) is 0 Å². The first-order chi connectivity index (χ1) is 6.77. The largest absolute Gasteiger partial charge is 0.248 e. The predicted molar refractivity (Wildman–Crippen MR) is 60.9 cm³/mol. The SMILES string of the molecule is CCN(CC)NC(C)c1ccccc1. The van der Waals surface area contributed by atoms with E-state index in [0.717, 1.165) is 13.1 Å². The van der Waals surface area contributed by atoms with E-state index in [1.54, 1.807) is 0 Å². The average molecular weight is 192 g/mol. The van der Waals surface area contributed by atoms with Crippen molar-refractivity contribution in [1.29, 1.82) is 0 Å². The van der Waals surface area contributed by atoms with Gasteiger partial charge in [-0.05, 0) is 12.5 Å². The molecule has 1 atom stereocenters. The molecule has 78 valence electrons. The van der Waals surface area contributed by atoms with Crippen molar-refractivity contribution in [2.45, 2.75) is 26.8 Å². The fraction of sp³-hybridized carbons (Fsp3) is 0.500. The fourth-order valence-corrected chi connectivity index (χ4v) is 1.50. The molecule has 1 aromatic carbocycles. The summed E-state index contributed by atoms with van der Waals surface area (Å²) in [5.74, 6) is 0. The van der Waals surface area contributed by atoms with Crippen molar-refractivity contribution in [3.05, 3.63) is 35.9 Å². The summed E-state index contributed by atoms with van der Waals surface area (Å²) < 4.78 is 0. The molecule has 0 saturated heterocycles. The second-order valence-electron chi connectivity index (χ2n) is 3.43. The molecule has 0 aliphatic carbocycles. The number of nitrogens with zero attached hydrogens (tertiary/aromatic N) is 1. The van der Waals surface area contributed by atoms with Gasteiger partial charge in [0.25, 0.3) is 0 Å². The van der Waals surface area contributed by atoms with Crippen molar-refractivity contribution in [2.24, 2.45) is 0 Å². The molecule has 2 nitrogen and oxygen atoms in total. The van der Waals surface area contributed by atoms with Crippen molar-refractivity contribution in [2.75, 3.05) is 13.1 Å². The van der Waals surface area contributed by atoms with Crippen LogP contribution in [0.3, 0.4) is 0 Å². The molecule has 1 aromatic rings. The third-order valence-electron chi connectivity index (χ3n) is 2.44. The van der Waals surface area contributed by atoms with Gasteiger partial charge in [0.2, 0.25) is 0 Å². The van der Waals surface area contributed by atoms with Crippen LogP contribution in [-0.4, -0.2) is 18.1 Å². The second-order valence-corrected chi connectivity index (χ2v) is 3.43. The van der Waals surface area contributed by atoms with E-state index in [0.29, 0.717) is 6.04 Å². The summed E-state index contributed by atoms with van der Waals surface area (Å²) in [6.45, 7) is 8.58. The molecule has 0 radical (unpaired) electrons. The Balaban J connectivity index is 2.54. The van der Waals surface area contributed by atoms with Gasteiger partial charge in [0.1, 0.15) is 0 Å². The Hall–Kier alpha value is -0.860. The minimum atomic E-state index is 0.385. The van der Waals surface area contributed by atoms with E-state index in [2.05, 4.69) is 55.5 Å². The summed E-state index contributed by atoms with van der Waals surface area (Å²) in [6, 6.07) is 10.9. The van der Waals surface area contributed by atoms with Gasteiger partial charge in [0, 0.05) is 19.1 Å². The van der Waals surface area contributed by atoms with Crippen molar-refractivity contribution in [3.8, 4) is 0 Å². The highest BCUT2D eigenvalue weighted by molar-refractivity contribution is 5.17. The average Bonchev–Trinajstić information content (AvgIpc) is 2.26. The Morgan fingerprint density at radius 2 is 1.71 bits per heavy atom. The molecule has 1 rings (SSSR count). The van der Waals surface area contributed by atoms with Gasteiger partial charge in [-0.25, -0.2) is 10.4 Å². The lowest BCUT2D eigenvalue weighted by molar-refractivity contribution is 0.181. The molecule has 0 aromatic heterocycles. The molecule has 0 aliphatic heterocycles. The highest BCUT2D eigenvalue weighted by Crippen LogP contribution is 2.11. The van der Waals surface area contributed by atoms with E-state index >= 15 is 0 Å². The molecule has 0 bridgehead atoms. The lowest BCUT2D eigenvalue weighted by Crippen LogP contribution is -2.39. The van der Waals surface area contributed by atoms with Gasteiger partial charge in [-0.2, -0.15) is 0 Å². The Morgan fingerprint density at radius 1 is 1.14 bits per heavy atom. The second kappa shape index (κ2) is 5.78. The Bertz CT molecular complexity index is 242. The molecule has 2 heteroatoms. The van der Waals surface area contributed by atoms with Crippen LogP contribution in [0.15, 0.2) is 30.3 Å². The fourth-order valence-electron chi connectivity index (χ4n) is 1.50. The maximum atomic E-state index is 3.47. The van der Waals surface area contributed by atoms with Crippen LogP contribution in [0.2, 0.25) is 0 Å². The normalized spacial score (nSPS) is 13.1. The molecule has 1 N–H and O–H groups in total. The highest BCUT2D eigenvalue weighted by Gasteiger charge is 2.06. The summed E-state index contributed by atoms with van der Waals surface area (Å²) in [6.07, 6.45) is 0. The van der Waals surface area contributed by atoms with E-state index in [1.165, 1.54) is 5.56 Å². The molecule has 0 aliphatic rings. The van der Waals surface area contributed by atoms with Gasteiger partial charge in [-0.15, -0.1) is 0 Å². The van der Waals surface area contributed by atoms with Crippen molar-refractivity contribution in [3.63, 3.8) is 0 Å². The maximum Gasteiger partial charge on any atom is 0.0436 e. The van der Waals surface area contributed by atoms with Crippen LogP contribution in [0.1, 0.15) is 32.4 Å². The molecule has 0 fully saturated rings. The topological polar surface area (TPSA) is 15.3 Å². The lowest BCUT2D eigenvalue weighted by atomic mass is 10.1. The first kappa shape index (κ1) is 11.2. The smallest absolute Gasteiger partial charge is 0.0436 e. The summed E-state index contributed by atoms with van der Waals surface area (Å²) >= 11 is 0. The maximum absolute atomic E-state index is 3.47. The van der Waals surface area contributed by atoms with Crippen LogP contribution in [-0.2, 0) is 0 Å². The first-order valence-electron chi connectivity index (χ1n) is 5.34. The molecule has 0 saturated carbocycles. The summed E-state index contributed by atoms with van der Waals surface area (Å²) in [4.78, 5) is 0. The van der Waals surface area contributed by atoms with Crippen LogP contribution < -0.4 is 5.43 Å². The number of benzene rings is 1. The number of hydrazine groups is 1. The predicted octanol–water partition coefficient (Wildman–Crippen LogP) is 2.59. The molecule has 0 heterocycles. The highest BCUT2D eigenvalue weighted by atomic mass is 15.5. The number of nitrogens with one attached hydrogen (secondary N) is 1. The van der Waals surface area contributed by atoms with Crippen molar-refractivity contribution < 1.29 is 0 Å². The van der Waals surface area contributed by atoms with E-state index < -0.39 is 0 Å². The van der Waals surface area contributed by atoms with Crippen LogP contribution in [0.4, 0.5) is 0 Å². The number of rotatable bonds is 5. The Kier molecular flexibility index (Phi) is 4.63. The van der Waals surface area contributed by atoms with E-state index in [-0.39, 0.29) is 0 Å². The molecule has 0 amide bonds. The summed E-state index contributed by atoms with van der Waals surface area (Å²) in [7, 11) is 0.